The van der Waals surface area contributed by atoms with E-state index in [0.717, 1.165) is 44.7 Å². The van der Waals surface area contributed by atoms with Crippen LogP contribution >= 0.6 is 0 Å². The van der Waals surface area contributed by atoms with Crippen molar-refractivity contribution < 1.29 is 28.8 Å². The number of ketones is 1. The van der Waals surface area contributed by atoms with Crippen molar-refractivity contribution in [3.05, 3.63) is 93.2 Å². The predicted molar refractivity (Wildman–Crippen MR) is 195 cm³/mol. The van der Waals surface area contributed by atoms with Gasteiger partial charge in [0.2, 0.25) is 17.7 Å². The van der Waals surface area contributed by atoms with Crippen molar-refractivity contribution in [1.82, 2.24) is 20.1 Å². The normalized spacial score (nSPS) is 19.2. The van der Waals surface area contributed by atoms with Gasteiger partial charge in [0, 0.05) is 71.5 Å². The molecule has 0 bridgehead atoms. The number of imide groups is 2. The molecule has 268 valence electrons. The van der Waals surface area contributed by atoms with Gasteiger partial charge in [-0.15, -0.1) is 0 Å². The average molecular weight is 712 g/mol. The fourth-order valence-electron chi connectivity index (χ4n) is 8.30. The molecular formula is C40H37N7O6. The first-order valence-corrected chi connectivity index (χ1v) is 17.8. The fourth-order valence-corrected chi connectivity index (χ4v) is 8.30. The van der Waals surface area contributed by atoms with Crippen LogP contribution in [0.2, 0.25) is 0 Å². The van der Waals surface area contributed by atoms with Crippen LogP contribution in [-0.4, -0.2) is 88.9 Å². The van der Waals surface area contributed by atoms with Gasteiger partial charge in [-0.25, -0.2) is 0 Å². The van der Waals surface area contributed by atoms with E-state index in [9.17, 15) is 34.0 Å². The molecule has 13 nitrogen and oxygen atoms in total. The number of hydrogen-bond donors (Lipinski definition) is 3. The van der Waals surface area contributed by atoms with E-state index in [0.29, 0.717) is 48.6 Å². The Morgan fingerprint density at radius 2 is 1.74 bits per heavy atom. The molecule has 0 spiro atoms. The van der Waals surface area contributed by atoms with Crippen LogP contribution in [0.4, 0.5) is 11.4 Å². The molecule has 1 aromatic heterocycles. The lowest BCUT2D eigenvalue weighted by atomic mass is 9.70. The van der Waals surface area contributed by atoms with Crippen molar-refractivity contribution in [2.45, 2.75) is 51.5 Å². The number of hydrogen-bond acceptors (Lipinski definition) is 9. The Labute approximate surface area is 304 Å². The molecule has 4 aromatic rings. The summed E-state index contributed by atoms with van der Waals surface area (Å²) in [6.45, 7) is 8.26. The molecule has 1 atom stereocenters. The van der Waals surface area contributed by atoms with Crippen LogP contribution in [0.1, 0.15) is 92.6 Å². The molecule has 2 fully saturated rings. The number of carbonyl (C=O) groups excluding carboxylic acids is 6. The van der Waals surface area contributed by atoms with Gasteiger partial charge < -0.3 is 20.1 Å². The average Bonchev–Trinajstić information content (AvgIpc) is 3.67. The number of aromatic nitrogens is 1. The van der Waals surface area contributed by atoms with Crippen molar-refractivity contribution in [1.29, 1.82) is 5.26 Å². The highest BCUT2D eigenvalue weighted by Crippen LogP contribution is 2.46. The van der Waals surface area contributed by atoms with Gasteiger partial charge in [-0.05, 0) is 60.4 Å². The number of aromatic amines is 1. The number of aryl methyl sites for hydroxylation is 1. The largest absolute Gasteiger partial charge is 0.375 e. The number of carbonyl (C=O) groups is 6. The number of fused-ring (bicyclic) bond motifs is 5. The molecule has 4 aliphatic rings. The van der Waals surface area contributed by atoms with E-state index in [1.54, 1.807) is 29.2 Å². The molecule has 2 saturated heterocycles. The van der Waals surface area contributed by atoms with Crippen LogP contribution in [0.5, 0.6) is 0 Å². The van der Waals surface area contributed by atoms with Crippen molar-refractivity contribution in [2.24, 2.45) is 0 Å². The number of piperazine rings is 1. The van der Waals surface area contributed by atoms with Crippen LogP contribution in [-0.2, 0) is 26.2 Å². The molecule has 53 heavy (non-hydrogen) atoms. The molecule has 0 radical (unpaired) electrons. The highest BCUT2D eigenvalue weighted by molar-refractivity contribution is 6.25. The first-order chi connectivity index (χ1) is 25.4. The summed E-state index contributed by atoms with van der Waals surface area (Å²) in [5.74, 6) is -2.58. The Hall–Kier alpha value is -6.29. The quantitative estimate of drug-likeness (QED) is 0.252. The first kappa shape index (κ1) is 33.8. The summed E-state index contributed by atoms with van der Waals surface area (Å²) in [7, 11) is 0. The number of nitrogens with one attached hydrogen (secondary N) is 3. The first-order valence-electron chi connectivity index (χ1n) is 17.8. The molecule has 3 N–H and O–H groups in total. The highest BCUT2D eigenvalue weighted by Gasteiger charge is 2.46. The minimum atomic E-state index is -1.08. The molecule has 8 rings (SSSR count). The van der Waals surface area contributed by atoms with Crippen molar-refractivity contribution in [3.8, 4) is 6.07 Å². The van der Waals surface area contributed by atoms with Crippen molar-refractivity contribution in [3.63, 3.8) is 0 Å². The Bertz CT molecular complexity index is 2360. The standard InChI is InChI=1S/C40H37N7O6/c1-4-22-17-25-26(40(2,3)36-34(35(25)50)23-9-8-21(19-41)16-28(23)43-36)18-30(22)45-12-14-46(15-13-45)32(49)20-42-27-7-5-6-24-33(27)39(53)47(38(24)52)29-10-11-31(48)44-37(29)51/h5-9,16-18,29,42-43H,4,10-15,20H2,1-3H3,(H,44,48,51). The molecule has 13 heteroatoms. The number of H-pyrrole nitrogens is 1. The molecule has 3 aromatic carbocycles. The van der Waals surface area contributed by atoms with Crippen LogP contribution in [0.3, 0.4) is 0 Å². The van der Waals surface area contributed by atoms with E-state index < -0.39 is 35.1 Å². The number of nitriles is 1. The lowest BCUT2D eigenvalue weighted by Gasteiger charge is -2.39. The second-order valence-corrected chi connectivity index (χ2v) is 14.5. The molecule has 1 aliphatic carbocycles. The third kappa shape index (κ3) is 5.27. The summed E-state index contributed by atoms with van der Waals surface area (Å²) in [5.41, 5.74) is 6.52. The zero-order chi connectivity index (χ0) is 37.3. The van der Waals surface area contributed by atoms with Crippen LogP contribution in [0.15, 0.2) is 48.5 Å². The van der Waals surface area contributed by atoms with E-state index in [4.69, 9.17) is 0 Å². The molecule has 3 aliphatic heterocycles. The summed E-state index contributed by atoms with van der Waals surface area (Å²) in [6.07, 6.45) is 0.799. The number of benzene rings is 3. The van der Waals surface area contributed by atoms with Gasteiger partial charge in [0.05, 0.1) is 34.9 Å². The Kier molecular flexibility index (Phi) is 7.94. The summed E-state index contributed by atoms with van der Waals surface area (Å²) in [5, 5.41) is 15.5. The smallest absolute Gasteiger partial charge is 0.264 e. The lowest BCUT2D eigenvalue weighted by Crippen LogP contribution is -2.54. The van der Waals surface area contributed by atoms with Gasteiger partial charge in [-0.1, -0.05) is 32.9 Å². The maximum atomic E-state index is 14.1. The Balaban J connectivity index is 0.968. The van der Waals surface area contributed by atoms with Crippen molar-refractivity contribution >= 4 is 57.6 Å². The molecule has 0 saturated carbocycles. The number of piperidine rings is 1. The number of anilines is 2. The maximum absolute atomic E-state index is 14.1. The van der Waals surface area contributed by atoms with Crippen LogP contribution < -0.4 is 15.5 Å². The van der Waals surface area contributed by atoms with Crippen LogP contribution in [0, 0.1) is 11.3 Å². The molecular weight excluding hydrogens is 674 g/mol. The lowest BCUT2D eigenvalue weighted by molar-refractivity contribution is -0.136. The zero-order valence-corrected chi connectivity index (χ0v) is 29.6. The third-order valence-corrected chi connectivity index (χ3v) is 11.2. The topological polar surface area (TPSA) is 176 Å². The zero-order valence-electron chi connectivity index (χ0n) is 29.6. The molecule has 4 heterocycles. The molecule has 1 unspecified atom stereocenters. The highest BCUT2D eigenvalue weighted by atomic mass is 16.2. The summed E-state index contributed by atoms with van der Waals surface area (Å²) < 4.78 is 0. The minimum Gasteiger partial charge on any atom is -0.375 e. The van der Waals surface area contributed by atoms with Gasteiger partial charge in [0.15, 0.2) is 5.78 Å². The SMILES string of the molecule is CCc1cc2c(cc1N1CCN(C(=O)CNc3cccc4c3C(=O)N(C3CCC(=O)NC3=O)C4=O)CC1)C(C)(C)c1[nH]c3cc(C#N)ccc3c1C2=O. The van der Waals surface area contributed by atoms with Gasteiger partial charge >= 0.3 is 0 Å². The van der Waals surface area contributed by atoms with Gasteiger partial charge in [0.25, 0.3) is 11.8 Å². The fraction of sp³-hybridized carbons (Fsp3) is 0.325. The van der Waals surface area contributed by atoms with Gasteiger partial charge in [-0.3, -0.25) is 39.0 Å². The Morgan fingerprint density at radius 1 is 0.962 bits per heavy atom. The van der Waals surface area contributed by atoms with Crippen LogP contribution in [0.25, 0.3) is 10.9 Å². The number of rotatable bonds is 6. The summed E-state index contributed by atoms with van der Waals surface area (Å²) >= 11 is 0. The minimum absolute atomic E-state index is 0.0258. The van der Waals surface area contributed by atoms with Gasteiger partial charge in [-0.2, -0.15) is 5.26 Å². The predicted octanol–water partition coefficient (Wildman–Crippen LogP) is 3.63. The monoisotopic (exact) mass is 711 g/mol. The maximum Gasteiger partial charge on any atom is 0.264 e. The van der Waals surface area contributed by atoms with E-state index >= 15 is 0 Å². The van der Waals surface area contributed by atoms with E-state index in [1.807, 2.05) is 12.1 Å². The Morgan fingerprint density at radius 3 is 2.45 bits per heavy atom. The summed E-state index contributed by atoms with van der Waals surface area (Å²) in [4.78, 5) is 86.7. The summed E-state index contributed by atoms with van der Waals surface area (Å²) in [6, 6.07) is 15.4. The van der Waals surface area contributed by atoms with Crippen molar-refractivity contribution in [2.75, 3.05) is 42.9 Å². The number of nitrogens with zero attached hydrogens (tertiary/aromatic N) is 4. The second kappa shape index (κ2) is 12.4. The van der Waals surface area contributed by atoms with E-state index in [2.05, 4.69) is 53.4 Å². The van der Waals surface area contributed by atoms with Gasteiger partial charge in [0.1, 0.15) is 6.04 Å². The number of amides is 5. The van der Waals surface area contributed by atoms with E-state index in [-0.39, 0.29) is 42.2 Å². The third-order valence-electron chi connectivity index (χ3n) is 11.2. The van der Waals surface area contributed by atoms with E-state index in [1.165, 1.54) is 6.07 Å². The second-order valence-electron chi connectivity index (χ2n) is 14.5. The molecule has 5 amide bonds.